The van der Waals surface area contributed by atoms with Gasteiger partial charge in [-0.15, -0.1) is 0 Å². The van der Waals surface area contributed by atoms with Gasteiger partial charge in [-0.1, -0.05) is 26.0 Å². The Bertz CT molecular complexity index is 808. The van der Waals surface area contributed by atoms with Crippen LogP contribution in [0.1, 0.15) is 68.8 Å². The Labute approximate surface area is 177 Å². The van der Waals surface area contributed by atoms with E-state index in [1.165, 1.54) is 6.42 Å². The topological polar surface area (TPSA) is 74.2 Å². The molecule has 0 unspecified atom stereocenters. The number of fused-ring (bicyclic) bond motifs is 2. The number of aromatic carboxylic acids is 1. The third-order valence-electron chi connectivity index (χ3n) is 8.21. The van der Waals surface area contributed by atoms with Gasteiger partial charge < -0.3 is 14.6 Å². The van der Waals surface area contributed by atoms with Crippen LogP contribution in [0.4, 0.5) is 0 Å². The Kier molecular flexibility index (Phi) is 4.97. The lowest BCUT2D eigenvalue weighted by atomic mass is 9.57. The molecule has 1 spiro atoms. The number of hydrogen-bond acceptors (Lipinski definition) is 5. The van der Waals surface area contributed by atoms with E-state index in [9.17, 15) is 4.79 Å². The standard InChI is InChI=1S/C24H32O6/c1-14-4-10-19-15(2)20(11-7-16-5-8-17(9-6-16)21(25)26)27-22-24(19)18(14)12-13-23(3,28-22)29-30-24/h5-6,8-9,14-15,18-20,22H,4,7,10-13H2,1-3H3,(H,25,26)/t14-,15-,18+,19+,20-,22-,23+,24-/m1/s1. The van der Waals surface area contributed by atoms with Crippen molar-refractivity contribution in [3.8, 4) is 0 Å². The lowest BCUT2D eigenvalue weighted by molar-refractivity contribution is -0.571. The Hall–Kier alpha value is -1.47. The zero-order valence-corrected chi connectivity index (χ0v) is 18.0. The first-order valence-corrected chi connectivity index (χ1v) is 11.3. The second-order valence-electron chi connectivity index (χ2n) is 9.98. The van der Waals surface area contributed by atoms with Gasteiger partial charge >= 0.3 is 5.97 Å². The number of aryl methyl sites for hydroxylation is 1. The van der Waals surface area contributed by atoms with E-state index in [2.05, 4.69) is 13.8 Å². The zero-order chi connectivity index (χ0) is 21.1. The molecular formula is C24H32O6. The van der Waals surface area contributed by atoms with Crippen LogP contribution in [-0.4, -0.2) is 34.9 Å². The average Bonchev–Trinajstić information content (AvgIpc) is 2.96. The molecule has 6 rings (SSSR count). The number of ether oxygens (including phenoxy) is 2. The molecule has 8 atom stereocenters. The summed E-state index contributed by atoms with van der Waals surface area (Å²) in [6, 6.07) is 7.15. The Morgan fingerprint density at radius 1 is 1.10 bits per heavy atom. The third-order valence-corrected chi connectivity index (χ3v) is 8.21. The fourth-order valence-corrected chi connectivity index (χ4v) is 6.43. The fourth-order valence-electron chi connectivity index (χ4n) is 6.43. The molecule has 2 bridgehead atoms. The molecule has 0 radical (unpaired) electrons. The lowest BCUT2D eigenvalue weighted by Crippen LogP contribution is -2.70. The highest BCUT2D eigenvalue weighted by atomic mass is 17.3. The fraction of sp³-hybridized carbons (Fsp3) is 0.708. The third kappa shape index (κ3) is 3.11. The Balaban J connectivity index is 1.37. The van der Waals surface area contributed by atoms with Crippen LogP contribution < -0.4 is 0 Å². The van der Waals surface area contributed by atoms with E-state index in [1.807, 2.05) is 19.1 Å². The van der Waals surface area contributed by atoms with Crippen molar-refractivity contribution in [1.29, 1.82) is 0 Å². The van der Waals surface area contributed by atoms with Crippen molar-refractivity contribution in [3.63, 3.8) is 0 Å². The maximum atomic E-state index is 11.1. The van der Waals surface area contributed by atoms with Gasteiger partial charge in [0.2, 0.25) is 5.79 Å². The summed E-state index contributed by atoms with van der Waals surface area (Å²) in [4.78, 5) is 23.2. The molecule has 6 heteroatoms. The summed E-state index contributed by atoms with van der Waals surface area (Å²) in [6.45, 7) is 6.56. The van der Waals surface area contributed by atoms with Crippen molar-refractivity contribution in [2.45, 2.75) is 83.1 Å². The predicted octanol–water partition coefficient (Wildman–Crippen LogP) is 4.57. The highest BCUT2D eigenvalue weighted by Gasteiger charge is 2.69. The molecule has 1 N–H and O–H groups in total. The molecule has 6 nitrogen and oxygen atoms in total. The van der Waals surface area contributed by atoms with Gasteiger partial charge in [0, 0.05) is 12.3 Å². The van der Waals surface area contributed by atoms with Crippen molar-refractivity contribution < 1.29 is 29.1 Å². The van der Waals surface area contributed by atoms with E-state index in [-0.39, 0.29) is 6.10 Å². The van der Waals surface area contributed by atoms with Gasteiger partial charge in [0.1, 0.15) is 0 Å². The Morgan fingerprint density at radius 3 is 2.60 bits per heavy atom. The minimum atomic E-state index is -0.895. The van der Waals surface area contributed by atoms with Crippen LogP contribution in [0.3, 0.4) is 0 Å². The van der Waals surface area contributed by atoms with E-state index < -0.39 is 23.6 Å². The van der Waals surface area contributed by atoms with Crippen molar-refractivity contribution in [2.75, 3.05) is 0 Å². The van der Waals surface area contributed by atoms with Crippen LogP contribution in [0.25, 0.3) is 0 Å². The number of carbonyl (C=O) groups is 1. The number of benzene rings is 1. The largest absolute Gasteiger partial charge is 0.478 e. The smallest absolute Gasteiger partial charge is 0.335 e. The van der Waals surface area contributed by atoms with Gasteiger partial charge in [-0.3, -0.25) is 0 Å². The van der Waals surface area contributed by atoms with Crippen molar-refractivity contribution in [1.82, 2.24) is 0 Å². The Morgan fingerprint density at radius 2 is 1.87 bits per heavy atom. The highest BCUT2D eigenvalue weighted by molar-refractivity contribution is 5.87. The summed E-state index contributed by atoms with van der Waals surface area (Å²) in [5.41, 5.74) is 0.937. The maximum absolute atomic E-state index is 11.1. The van der Waals surface area contributed by atoms with E-state index in [0.717, 1.165) is 37.7 Å². The van der Waals surface area contributed by atoms with Crippen LogP contribution in [0.15, 0.2) is 24.3 Å². The SMILES string of the molecule is C[C@H]1[C@@H](CCc2ccc(C(=O)O)cc2)O[C@@H]2O[C@]3(C)CC[C@H]4[C@H](C)CC[C@@H]1[C@@]24OO3. The normalized spacial score (nSPS) is 44.9. The first kappa shape index (κ1) is 20.4. The lowest BCUT2D eigenvalue weighted by Gasteiger charge is -2.60. The van der Waals surface area contributed by atoms with Crippen LogP contribution in [0.2, 0.25) is 0 Å². The molecule has 0 aromatic heterocycles. The number of carboxylic acid groups (broad SMARTS) is 1. The second-order valence-corrected chi connectivity index (χ2v) is 9.98. The van der Waals surface area contributed by atoms with Crippen molar-refractivity contribution in [2.24, 2.45) is 23.7 Å². The van der Waals surface area contributed by atoms with Crippen molar-refractivity contribution in [3.05, 3.63) is 35.4 Å². The predicted molar refractivity (Wildman–Crippen MR) is 109 cm³/mol. The minimum Gasteiger partial charge on any atom is -0.478 e. The molecule has 1 aromatic carbocycles. The monoisotopic (exact) mass is 416 g/mol. The molecule has 1 aliphatic carbocycles. The molecule has 1 aromatic rings. The van der Waals surface area contributed by atoms with Crippen LogP contribution in [0.5, 0.6) is 0 Å². The molecule has 164 valence electrons. The van der Waals surface area contributed by atoms with Gasteiger partial charge in [-0.05, 0) is 74.5 Å². The minimum absolute atomic E-state index is 0.0744. The van der Waals surface area contributed by atoms with E-state index >= 15 is 0 Å². The van der Waals surface area contributed by atoms with Gasteiger partial charge in [0.25, 0.3) is 0 Å². The average molecular weight is 417 g/mol. The van der Waals surface area contributed by atoms with Gasteiger partial charge in [0.05, 0.1) is 11.7 Å². The number of carboxylic acids is 1. The van der Waals surface area contributed by atoms with Crippen LogP contribution >= 0.6 is 0 Å². The summed E-state index contributed by atoms with van der Waals surface area (Å²) >= 11 is 0. The molecule has 5 fully saturated rings. The molecule has 5 aliphatic rings. The summed E-state index contributed by atoms with van der Waals surface area (Å²) in [5.74, 6) is 0.00107. The quantitative estimate of drug-likeness (QED) is 0.725. The molecular weight excluding hydrogens is 384 g/mol. The molecule has 1 saturated carbocycles. The van der Waals surface area contributed by atoms with Crippen LogP contribution in [-0.2, 0) is 25.7 Å². The van der Waals surface area contributed by atoms with Gasteiger partial charge in [-0.2, -0.15) is 0 Å². The summed E-state index contributed by atoms with van der Waals surface area (Å²) in [5, 5.41) is 9.10. The molecule has 4 saturated heterocycles. The maximum Gasteiger partial charge on any atom is 0.335 e. The van der Waals surface area contributed by atoms with E-state index in [1.54, 1.807) is 12.1 Å². The van der Waals surface area contributed by atoms with Crippen molar-refractivity contribution >= 4 is 5.97 Å². The van der Waals surface area contributed by atoms with Crippen LogP contribution in [0, 0.1) is 23.7 Å². The highest BCUT2D eigenvalue weighted by Crippen LogP contribution is 2.60. The molecule has 4 heterocycles. The van der Waals surface area contributed by atoms with E-state index in [0.29, 0.717) is 29.2 Å². The summed E-state index contributed by atoms with van der Waals surface area (Å²) in [6.07, 6.45) is 5.57. The van der Waals surface area contributed by atoms with E-state index in [4.69, 9.17) is 24.4 Å². The zero-order valence-electron chi connectivity index (χ0n) is 18.0. The molecule has 0 amide bonds. The second kappa shape index (κ2) is 7.30. The van der Waals surface area contributed by atoms with Gasteiger partial charge in [-0.25, -0.2) is 14.6 Å². The molecule has 30 heavy (non-hydrogen) atoms. The molecule has 4 aliphatic heterocycles. The first-order chi connectivity index (χ1) is 14.3. The number of rotatable bonds is 4. The summed E-state index contributed by atoms with van der Waals surface area (Å²) < 4.78 is 13.0. The first-order valence-electron chi connectivity index (χ1n) is 11.3. The van der Waals surface area contributed by atoms with Gasteiger partial charge in [0.15, 0.2) is 11.9 Å². The summed E-state index contributed by atoms with van der Waals surface area (Å²) in [7, 11) is 0. The number of hydrogen-bond donors (Lipinski definition) is 1.